The van der Waals surface area contributed by atoms with Crippen LogP contribution < -0.4 is 10.2 Å². The smallest absolute Gasteiger partial charge is 0.263 e. The van der Waals surface area contributed by atoms with Gasteiger partial charge >= 0.3 is 0 Å². The van der Waals surface area contributed by atoms with Gasteiger partial charge in [0, 0.05) is 10.7 Å². The average Bonchev–Trinajstić information content (AvgIpc) is 3.19. The molecule has 2 aliphatic rings. The number of imide groups is 1. The van der Waals surface area contributed by atoms with Crippen LogP contribution in [-0.4, -0.2) is 41.4 Å². The summed E-state index contributed by atoms with van der Waals surface area (Å²) in [5, 5.41) is 12.3. The molecule has 2 aliphatic heterocycles. The van der Waals surface area contributed by atoms with Crippen molar-refractivity contribution in [2.24, 2.45) is 10.3 Å². The summed E-state index contributed by atoms with van der Waals surface area (Å²) in [6, 6.07) is 11.9. The van der Waals surface area contributed by atoms with Gasteiger partial charge in [-0.05, 0) is 36.8 Å². The molecule has 9 heteroatoms. The van der Waals surface area contributed by atoms with Crippen molar-refractivity contribution in [3.05, 3.63) is 59.1 Å². The van der Waals surface area contributed by atoms with Gasteiger partial charge in [0.15, 0.2) is 12.1 Å². The summed E-state index contributed by atoms with van der Waals surface area (Å²) >= 11 is 5.97. The molecule has 2 unspecified atom stereocenters. The number of para-hydroxylation sites is 1. The summed E-state index contributed by atoms with van der Waals surface area (Å²) in [6.45, 7) is 1.63. The predicted octanol–water partition coefficient (Wildman–Crippen LogP) is 2.58. The standard InChI is InChI=1S/C19H16ClN5O3/c1-11-7-8-12(20)9-14(11)21-15(26)10-24-17-16(22-23-24)18(27)25(19(17)28)13-5-3-2-4-6-13/h2-9,16-17H,10H2,1H3,(H,21,26). The molecule has 2 heterocycles. The lowest BCUT2D eigenvalue weighted by atomic mass is 10.1. The Morgan fingerprint density at radius 3 is 2.64 bits per heavy atom. The van der Waals surface area contributed by atoms with E-state index in [9.17, 15) is 14.4 Å². The van der Waals surface area contributed by atoms with Crippen LogP contribution in [0.15, 0.2) is 58.9 Å². The molecule has 1 fully saturated rings. The zero-order valence-electron chi connectivity index (χ0n) is 14.9. The van der Waals surface area contributed by atoms with Gasteiger partial charge in [0.25, 0.3) is 11.8 Å². The molecule has 2 atom stereocenters. The molecule has 1 saturated heterocycles. The second kappa shape index (κ2) is 7.05. The van der Waals surface area contributed by atoms with Gasteiger partial charge in [-0.2, -0.15) is 5.11 Å². The van der Waals surface area contributed by atoms with E-state index in [4.69, 9.17) is 11.6 Å². The fraction of sp³-hybridized carbons (Fsp3) is 0.211. The molecule has 0 aliphatic carbocycles. The number of carbonyl (C=O) groups is 3. The molecule has 0 spiro atoms. The number of rotatable bonds is 4. The zero-order valence-corrected chi connectivity index (χ0v) is 15.6. The van der Waals surface area contributed by atoms with Crippen LogP contribution in [0.1, 0.15) is 5.56 Å². The lowest BCUT2D eigenvalue weighted by Crippen LogP contribution is -2.43. The highest BCUT2D eigenvalue weighted by Crippen LogP contribution is 2.31. The van der Waals surface area contributed by atoms with Crippen LogP contribution in [0.25, 0.3) is 0 Å². The lowest BCUT2D eigenvalue weighted by molar-refractivity contribution is -0.123. The Hall–Kier alpha value is -3.26. The SMILES string of the molecule is Cc1ccc(Cl)cc1NC(=O)CN1N=NC2C(=O)N(c3ccccc3)C(=O)C21. The minimum Gasteiger partial charge on any atom is -0.324 e. The Kier molecular flexibility index (Phi) is 4.56. The number of anilines is 2. The summed E-state index contributed by atoms with van der Waals surface area (Å²) in [5.41, 5.74) is 1.90. The second-order valence-corrected chi connectivity index (χ2v) is 6.98. The Balaban J connectivity index is 1.49. The summed E-state index contributed by atoms with van der Waals surface area (Å²) < 4.78 is 0. The van der Waals surface area contributed by atoms with E-state index in [0.29, 0.717) is 16.4 Å². The highest BCUT2D eigenvalue weighted by molar-refractivity contribution is 6.31. The van der Waals surface area contributed by atoms with Crippen LogP contribution in [0.2, 0.25) is 5.02 Å². The van der Waals surface area contributed by atoms with Crippen molar-refractivity contribution in [1.29, 1.82) is 0 Å². The van der Waals surface area contributed by atoms with Crippen molar-refractivity contribution >= 4 is 40.7 Å². The molecule has 28 heavy (non-hydrogen) atoms. The molecule has 0 radical (unpaired) electrons. The number of halogens is 1. The van der Waals surface area contributed by atoms with E-state index in [1.807, 2.05) is 6.92 Å². The number of carbonyl (C=O) groups excluding carboxylic acids is 3. The maximum absolute atomic E-state index is 12.8. The van der Waals surface area contributed by atoms with Crippen molar-refractivity contribution in [2.45, 2.75) is 19.0 Å². The van der Waals surface area contributed by atoms with Gasteiger partial charge in [-0.3, -0.25) is 19.4 Å². The van der Waals surface area contributed by atoms with Crippen LogP contribution >= 0.6 is 11.6 Å². The third-order valence-corrected chi connectivity index (χ3v) is 4.89. The number of fused-ring (bicyclic) bond motifs is 1. The van der Waals surface area contributed by atoms with Gasteiger partial charge < -0.3 is 5.32 Å². The summed E-state index contributed by atoms with van der Waals surface area (Å²) in [6.07, 6.45) is 0. The van der Waals surface area contributed by atoms with Crippen LogP contribution in [0.4, 0.5) is 11.4 Å². The van der Waals surface area contributed by atoms with Gasteiger partial charge in [0.05, 0.1) is 5.69 Å². The molecule has 1 N–H and O–H groups in total. The van der Waals surface area contributed by atoms with Crippen LogP contribution in [-0.2, 0) is 14.4 Å². The minimum atomic E-state index is -0.937. The summed E-state index contributed by atoms with van der Waals surface area (Å²) in [5.74, 6) is -1.28. The van der Waals surface area contributed by atoms with E-state index in [1.54, 1.807) is 48.5 Å². The van der Waals surface area contributed by atoms with E-state index in [0.717, 1.165) is 10.5 Å². The van der Waals surface area contributed by atoms with Gasteiger partial charge in [-0.15, -0.1) is 0 Å². The van der Waals surface area contributed by atoms with E-state index in [2.05, 4.69) is 15.7 Å². The number of nitrogens with one attached hydrogen (secondary N) is 1. The number of aryl methyl sites for hydroxylation is 1. The largest absolute Gasteiger partial charge is 0.324 e. The summed E-state index contributed by atoms with van der Waals surface area (Å²) in [4.78, 5) is 39.0. The first-order chi connectivity index (χ1) is 13.5. The van der Waals surface area contributed by atoms with E-state index >= 15 is 0 Å². The third-order valence-electron chi connectivity index (χ3n) is 4.65. The Bertz CT molecular complexity index is 994. The fourth-order valence-electron chi connectivity index (χ4n) is 3.25. The van der Waals surface area contributed by atoms with Gasteiger partial charge in [-0.25, -0.2) is 4.90 Å². The number of amides is 3. The maximum Gasteiger partial charge on any atom is 0.263 e. The predicted molar refractivity (Wildman–Crippen MR) is 103 cm³/mol. The summed E-state index contributed by atoms with van der Waals surface area (Å²) in [7, 11) is 0. The van der Waals surface area contributed by atoms with E-state index in [1.165, 1.54) is 5.01 Å². The van der Waals surface area contributed by atoms with Crippen LogP contribution in [0.5, 0.6) is 0 Å². The number of benzene rings is 2. The van der Waals surface area contributed by atoms with Crippen molar-refractivity contribution in [3.8, 4) is 0 Å². The average molecular weight is 398 g/mol. The van der Waals surface area contributed by atoms with Gasteiger partial charge in [-0.1, -0.05) is 41.1 Å². The number of hydrogen-bond acceptors (Lipinski definition) is 6. The number of nitrogens with zero attached hydrogens (tertiary/aromatic N) is 4. The Labute approximate surface area is 165 Å². The molecule has 3 amide bonds. The Morgan fingerprint density at radius 2 is 1.89 bits per heavy atom. The topological polar surface area (TPSA) is 94.4 Å². The van der Waals surface area contributed by atoms with Crippen molar-refractivity contribution < 1.29 is 14.4 Å². The fourth-order valence-corrected chi connectivity index (χ4v) is 3.42. The molecule has 2 aromatic carbocycles. The van der Waals surface area contributed by atoms with Crippen LogP contribution in [0.3, 0.4) is 0 Å². The minimum absolute atomic E-state index is 0.210. The van der Waals surface area contributed by atoms with Crippen molar-refractivity contribution in [2.75, 3.05) is 16.8 Å². The quantitative estimate of drug-likeness (QED) is 0.802. The highest BCUT2D eigenvalue weighted by Gasteiger charge is 2.55. The van der Waals surface area contributed by atoms with E-state index < -0.39 is 23.9 Å². The van der Waals surface area contributed by atoms with Gasteiger partial charge in [0.2, 0.25) is 5.91 Å². The normalized spacial score (nSPS) is 20.6. The molecule has 8 nitrogen and oxygen atoms in total. The maximum atomic E-state index is 12.8. The second-order valence-electron chi connectivity index (χ2n) is 6.55. The lowest BCUT2D eigenvalue weighted by Gasteiger charge is -2.20. The Morgan fingerprint density at radius 1 is 1.14 bits per heavy atom. The molecule has 142 valence electrons. The van der Waals surface area contributed by atoms with E-state index in [-0.39, 0.29) is 12.5 Å². The van der Waals surface area contributed by atoms with Crippen LogP contribution in [0, 0.1) is 6.92 Å². The third kappa shape index (κ3) is 3.11. The molecule has 0 bridgehead atoms. The molecular formula is C19H16ClN5O3. The first-order valence-corrected chi connectivity index (χ1v) is 9.00. The first kappa shape index (κ1) is 18.1. The molecule has 2 aromatic rings. The molecule has 0 aromatic heterocycles. The zero-order chi connectivity index (χ0) is 19.8. The van der Waals surface area contributed by atoms with Crippen molar-refractivity contribution in [3.63, 3.8) is 0 Å². The monoisotopic (exact) mass is 397 g/mol. The number of hydrogen-bond donors (Lipinski definition) is 1. The highest BCUT2D eigenvalue weighted by atomic mass is 35.5. The van der Waals surface area contributed by atoms with Gasteiger partial charge in [0.1, 0.15) is 6.54 Å². The molecule has 0 saturated carbocycles. The van der Waals surface area contributed by atoms with Crippen molar-refractivity contribution in [1.82, 2.24) is 5.01 Å². The molecule has 4 rings (SSSR count). The molecular weight excluding hydrogens is 382 g/mol. The first-order valence-electron chi connectivity index (χ1n) is 8.62.